The number of amides is 2. The molecule has 2 amide bonds. The van der Waals surface area contributed by atoms with Crippen LogP contribution in [-0.4, -0.2) is 104 Å². The zero-order valence-corrected chi connectivity index (χ0v) is 27.4. The van der Waals surface area contributed by atoms with Gasteiger partial charge in [0.2, 0.25) is 5.91 Å². The van der Waals surface area contributed by atoms with Crippen LogP contribution in [0.4, 0.5) is 4.79 Å². The summed E-state index contributed by atoms with van der Waals surface area (Å²) < 4.78 is 63.1. The lowest BCUT2D eigenvalue weighted by molar-refractivity contribution is -0.290. The van der Waals surface area contributed by atoms with E-state index in [1.807, 2.05) is 13.8 Å². The normalized spacial score (nSPS) is 24.1. The van der Waals surface area contributed by atoms with Gasteiger partial charge in [0, 0.05) is 27.7 Å². The molecule has 2 heterocycles. The lowest BCUT2D eigenvalue weighted by atomic mass is 9.88. The van der Waals surface area contributed by atoms with Crippen molar-refractivity contribution in [1.29, 1.82) is 0 Å². The molecule has 6 atom stereocenters. The van der Waals surface area contributed by atoms with Gasteiger partial charge < -0.3 is 28.4 Å². The maximum atomic E-state index is 14.0. The summed E-state index contributed by atoms with van der Waals surface area (Å²) in [5.74, 6) is -7.43. The summed E-state index contributed by atoms with van der Waals surface area (Å²) in [7, 11) is -3.65. The molecule has 0 spiro atoms. The van der Waals surface area contributed by atoms with Crippen molar-refractivity contribution in [2.75, 3.05) is 26.9 Å². The van der Waals surface area contributed by atoms with Gasteiger partial charge in [0.25, 0.3) is 5.79 Å². The van der Waals surface area contributed by atoms with Crippen LogP contribution in [0.2, 0.25) is 0 Å². The zero-order valence-electron chi connectivity index (χ0n) is 26.5. The summed E-state index contributed by atoms with van der Waals surface area (Å²) in [5.41, 5.74) is 0. The largest absolute Gasteiger partial charge is 0.477 e. The number of esters is 4. The molecular weight excluding hydrogens is 625 g/mol. The maximum Gasteiger partial charge on any atom is 0.477 e. The topological polar surface area (TPSA) is 206 Å². The number of carbonyl (C=O) groups excluding carboxylic acids is 6. The standard InChI is InChI=1S/C27H42NO16P/c1-8-10-12-38-45(35,39-13-11-9-2)44-27(25(33)36-7)14-20-22(28(16(3)29)26(34)42-20)24(43-27)23(41-19(6)32)21(40-18(5)31)15-37-17(4)30/h20-24H,8-15H2,1-7H3/t20?,21-,22-,23-,24?,27+/m1/s1. The van der Waals surface area contributed by atoms with Gasteiger partial charge in [-0.3, -0.25) is 28.2 Å². The number of phosphoric acid groups is 1. The Bertz CT molecular complexity index is 1130. The van der Waals surface area contributed by atoms with Gasteiger partial charge in [-0.15, -0.1) is 0 Å². The highest BCUT2D eigenvalue weighted by Gasteiger charge is 2.66. The highest BCUT2D eigenvalue weighted by atomic mass is 31.2. The Morgan fingerprint density at radius 3 is 2.00 bits per heavy atom. The molecule has 2 unspecified atom stereocenters. The second-order valence-electron chi connectivity index (χ2n) is 10.3. The van der Waals surface area contributed by atoms with Gasteiger partial charge in [0.05, 0.1) is 26.7 Å². The highest BCUT2D eigenvalue weighted by molar-refractivity contribution is 7.48. The molecule has 0 aromatic heterocycles. The third-order valence-corrected chi connectivity index (χ3v) is 8.13. The van der Waals surface area contributed by atoms with Crippen molar-refractivity contribution in [3.63, 3.8) is 0 Å². The molecule has 45 heavy (non-hydrogen) atoms. The second-order valence-corrected chi connectivity index (χ2v) is 11.9. The van der Waals surface area contributed by atoms with Gasteiger partial charge in [-0.1, -0.05) is 26.7 Å². The molecule has 0 N–H and O–H groups in total. The first kappa shape index (κ1) is 38.1. The number of carbonyl (C=O) groups is 6. The molecule has 2 aliphatic heterocycles. The molecule has 2 aliphatic rings. The van der Waals surface area contributed by atoms with E-state index in [-0.39, 0.29) is 13.2 Å². The first-order chi connectivity index (χ1) is 21.1. The Hall–Kier alpha value is -3.11. The Morgan fingerprint density at radius 1 is 0.956 bits per heavy atom. The van der Waals surface area contributed by atoms with Crippen molar-refractivity contribution in [1.82, 2.24) is 4.90 Å². The van der Waals surface area contributed by atoms with Crippen LogP contribution >= 0.6 is 7.82 Å². The monoisotopic (exact) mass is 667 g/mol. The van der Waals surface area contributed by atoms with Crippen molar-refractivity contribution < 1.29 is 75.3 Å². The van der Waals surface area contributed by atoms with Crippen LogP contribution in [-0.2, 0) is 70.5 Å². The number of ether oxygens (including phenoxy) is 6. The molecule has 18 heteroatoms. The summed E-state index contributed by atoms with van der Waals surface area (Å²) in [6.45, 7) is 7.02. The lowest BCUT2D eigenvalue weighted by Gasteiger charge is -2.47. The van der Waals surface area contributed by atoms with E-state index in [0.29, 0.717) is 30.6 Å². The van der Waals surface area contributed by atoms with Crippen molar-refractivity contribution >= 4 is 43.7 Å². The number of nitrogens with zero attached hydrogens (tertiary/aromatic N) is 1. The van der Waals surface area contributed by atoms with E-state index in [4.69, 9.17) is 42.0 Å². The molecule has 17 nitrogen and oxygen atoms in total. The van der Waals surface area contributed by atoms with Crippen molar-refractivity contribution in [2.45, 2.75) is 110 Å². The molecule has 0 aliphatic carbocycles. The number of hydrogen-bond acceptors (Lipinski definition) is 16. The summed E-state index contributed by atoms with van der Waals surface area (Å²) >= 11 is 0. The molecule has 0 aromatic carbocycles. The maximum absolute atomic E-state index is 14.0. The number of methoxy groups -OCH3 is 1. The first-order valence-corrected chi connectivity index (χ1v) is 15.9. The number of hydrogen-bond donors (Lipinski definition) is 0. The fraction of sp³-hybridized carbons (Fsp3) is 0.778. The zero-order chi connectivity index (χ0) is 33.9. The molecule has 2 fully saturated rings. The van der Waals surface area contributed by atoms with Gasteiger partial charge >= 0.3 is 37.8 Å². The number of fused-ring (bicyclic) bond motifs is 1. The van der Waals surface area contributed by atoms with E-state index in [1.165, 1.54) is 0 Å². The smallest absolute Gasteiger partial charge is 0.465 e. The second kappa shape index (κ2) is 17.0. The first-order valence-electron chi connectivity index (χ1n) is 14.5. The number of imide groups is 1. The Kier molecular flexibility index (Phi) is 14.4. The fourth-order valence-electron chi connectivity index (χ4n) is 4.72. The lowest BCUT2D eigenvalue weighted by Crippen LogP contribution is -2.67. The van der Waals surface area contributed by atoms with E-state index in [0.717, 1.165) is 34.8 Å². The van der Waals surface area contributed by atoms with Gasteiger partial charge in [0.1, 0.15) is 24.9 Å². The summed E-state index contributed by atoms with van der Waals surface area (Å²) in [5, 5.41) is 0. The van der Waals surface area contributed by atoms with Crippen LogP contribution in [0.5, 0.6) is 0 Å². The van der Waals surface area contributed by atoms with Gasteiger partial charge in [-0.2, -0.15) is 0 Å². The van der Waals surface area contributed by atoms with Crippen molar-refractivity contribution in [2.24, 2.45) is 0 Å². The van der Waals surface area contributed by atoms with Crippen molar-refractivity contribution in [3.8, 4) is 0 Å². The summed E-state index contributed by atoms with van der Waals surface area (Å²) in [6.07, 6.45) is -6.20. The molecule has 0 saturated carbocycles. The molecule has 0 aromatic rings. The van der Waals surface area contributed by atoms with Crippen molar-refractivity contribution in [3.05, 3.63) is 0 Å². The van der Waals surface area contributed by atoms with E-state index in [2.05, 4.69) is 0 Å². The third kappa shape index (κ3) is 10.2. The van der Waals surface area contributed by atoms with E-state index < -0.39 is 93.0 Å². The minimum atomic E-state index is -4.63. The van der Waals surface area contributed by atoms with Crippen LogP contribution in [0.3, 0.4) is 0 Å². The van der Waals surface area contributed by atoms with Gasteiger partial charge in [-0.05, 0) is 12.8 Å². The van der Waals surface area contributed by atoms with E-state index in [1.54, 1.807) is 0 Å². The highest BCUT2D eigenvalue weighted by Crippen LogP contribution is 2.56. The molecule has 0 radical (unpaired) electrons. The number of phosphoric ester groups is 1. The molecular formula is C27H42NO16P. The van der Waals surface area contributed by atoms with Gasteiger partial charge in [-0.25, -0.2) is 23.6 Å². The molecule has 0 bridgehead atoms. The van der Waals surface area contributed by atoms with Crippen LogP contribution in [0, 0.1) is 0 Å². The van der Waals surface area contributed by atoms with Crippen LogP contribution in [0.1, 0.15) is 73.6 Å². The van der Waals surface area contributed by atoms with Crippen LogP contribution in [0.25, 0.3) is 0 Å². The molecule has 2 saturated heterocycles. The molecule has 256 valence electrons. The van der Waals surface area contributed by atoms with Gasteiger partial charge in [0.15, 0.2) is 12.2 Å². The Morgan fingerprint density at radius 2 is 1.53 bits per heavy atom. The summed E-state index contributed by atoms with van der Waals surface area (Å²) in [6, 6.07) is -1.42. The summed E-state index contributed by atoms with van der Waals surface area (Å²) in [4.78, 5) is 75.8. The number of rotatable bonds is 17. The predicted molar refractivity (Wildman–Crippen MR) is 149 cm³/mol. The average Bonchev–Trinajstić information content (AvgIpc) is 3.28. The SMILES string of the molecule is CCCCOP(=O)(OCCCC)O[C@]1(C(=O)OC)CC2OC(=O)N(C(C)=O)[C@H]2C([C@H](OC(C)=O)[C@@H](COC(C)=O)OC(C)=O)O1. The Labute approximate surface area is 261 Å². The fourth-order valence-corrected chi connectivity index (χ4v) is 6.16. The average molecular weight is 668 g/mol. The predicted octanol–water partition coefficient (Wildman–Crippen LogP) is 2.57. The number of unbranched alkanes of at least 4 members (excludes halogenated alkanes) is 2. The third-order valence-electron chi connectivity index (χ3n) is 6.61. The molecule has 2 rings (SSSR count). The Balaban J connectivity index is 2.76. The minimum absolute atomic E-state index is 0.0906. The minimum Gasteiger partial charge on any atom is -0.465 e. The van der Waals surface area contributed by atoms with Crippen LogP contribution in [0.15, 0.2) is 0 Å². The van der Waals surface area contributed by atoms with E-state index >= 15 is 0 Å². The van der Waals surface area contributed by atoms with Crippen LogP contribution < -0.4 is 0 Å². The van der Waals surface area contributed by atoms with E-state index in [9.17, 15) is 33.3 Å². The quantitative estimate of drug-likeness (QED) is 0.0945.